The molecular formula is C15H25N3O3. The van der Waals surface area contributed by atoms with Gasteiger partial charge in [-0.1, -0.05) is 19.8 Å². The Labute approximate surface area is 125 Å². The Bertz CT molecular complexity index is 469. The second-order valence-corrected chi connectivity index (χ2v) is 7.24. The van der Waals surface area contributed by atoms with Crippen LogP contribution < -0.4 is 10.6 Å². The molecule has 0 radical (unpaired) electrons. The monoisotopic (exact) mass is 295 g/mol. The number of hydrogen-bond acceptors (Lipinski definition) is 3. The second-order valence-electron chi connectivity index (χ2n) is 7.24. The van der Waals surface area contributed by atoms with E-state index in [0.717, 1.165) is 24.2 Å². The highest BCUT2D eigenvalue weighted by atomic mass is 16.2. The van der Waals surface area contributed by atoms with Crippen molar-refractivity contribution in [3.05, 3.63) is 0 Å². The number of carbonyl (C=O) groups excluding carboxylic acids is 3. The molecule has 0 bridgehead atoms. The highest BCUT2D eigenvalue weighted by Crippen LogP contribution is 2.38. The molecule has 2 unspecified atom stereocenters. The van der Waals surface area contributed by atoms with Gasteiger partial charge in [-0.3, -0.25) is 14.5 Å². The van der Waals surface area contributed by atoms with Gasteiger partial charge in [0, 0.05) is 5.54 Å². The zero-order valence-electron chi connectivity index (χ0n) is 13.3. The summed E-state index contributed by atoms with van der Waals surface area (Å²) >= 11 is 0. The molecule has 0 aromatic heterocycles. The maximum absolute atomic E-state index is 12.7. The number of nitrogens with zero attached hydrogens (tertiary/aromatic N) is 1. The molecule has 2 N–H and O–H groups in total. The van der Waals surface area contributed by atoms with Gasteiger partial charge >= 0.3 is 6.03 Å². The molecule has 2 fully saturated rings. The molecule has 2 rings (SSSR count). The summed E-state index contributed by atoms with van der Waals surface area (Å²) in [6.07, 6.45) is 3.60. The normalized spacial score (nSPS) is 29.7. The highest BCUT2D eigenvalue weighted by molar-refractivity contribution is 6.09. The van der Waals surface area contributed by atoms with Crippen LogP contribution >= 0.6 is 0 Å². The smallest absolute Gasteiger partial charge is 0.325 e. The van der Waals surface area contributed by atoms with Crippen LogP contribution in [0.25, 0.3) is 0 Å². The molecule has 6 nitrogen and oxygen atoms in total. The summed E-state index contributed by atoms with van der Waals surface area (Å²) in [4.78, 5) is 37.8. The molecule has 118 valence electrons. The number of rotatable bonds is 2. The van der Waals surface area contributed by atoms with E-state index < -0.39 is 11.6 Å². The fourth-order valence-corrected chi connectivity index (χ4v) is 3.24. The SMILES string of the molecule is CC1CCCCC12NC(=O)N(CC(=O)NC(C)(C)C)C2=O. The van der Waals surface area contributed by atoms with Crippen molar-refractivity contribution < 1.29 is 14.4 Å². The van der Waals surface area contributed by atoms with E-state index in [2.05, 4.69) is 10.6 Å². The number of urea groups is 1. The van der Waals surface area contributed by atoms with Gasteiger partial charge in [-0.05, 0) is 39.5 Å². The Morgan fingerprint density at radius 3 is 2.62 bits per heavy atom. The number of nitrogens with one attached hydrogen (secondary N) is 2. The average molecular weight is 295 g/mol. The van der Waals surface area contributed by atoms with E-state index in [1.54, 1.807) is 0 Å². The van der Waals surface area contributed by atoms with Gasteiger partial charge in [-0.2, -0.15) is 0 Å². The van der Waals surface area contributed by atoms with Crippen LogP contribution in [-0.4, -0.2) is 40.4 Å². The molecule has 21 heavy (non-hydrogen) atoms. The fraction of sp³-hybridized carbons (Fsp3) is 0.800. The third kappa shape index (κ3) is 3.04. The molecule has 1 heterocycles. The first kappa shape index (κ1) is 15.8. The molecule has 2 aliphatic rings. The van der Waals surface area contributed by atoms with E-state index >= 15 is 0 Å². The molecule has 6 heteroatoms. The maximum Gasteiger partial charge on any atom is 0.325 e. The van der Waals surface area contributed by atoms with E-state index in [9.17, 15) is 14.4 Å². The van der Waals surface area contributed by atoms with Crippen molar-refractivity contribution in [2.75, 3.05) is 6.54 Å². The van der Waals surface area contributed by atoms with E-state index in [4.69, 9.17) is 0 Å². The number of imide groups is 1. The molecule has 0 aromatic rings. The highest BCUT2D eigenvalue weighted by Gasteiger charge is 2.55. The Kier molecular flexibility index (Phi) is 4.00. The first-order valence-electron chi connectivity index (χ1n) is 7.61. The van der Waals surface area contributed by atoms with Crippen molar-refractivity contribution in [2.45, 2.75) is 64.5 Å². The van der Waals surface area contributed by atoms with Crippen LogP contribution in [0.2, 0.25) is 0 Å². The summed E-state index contributed by atoms with van der Waals surface area (Å²) in [6, 6.07) is -0.446. The van der Waals surface area contributed by atoms with Gasteiger partial charge in [-0.25, -0.2) is 4.79 Å². The lowest BCUT2D eigenvalue weighted by Gasteiger charge is -2.36. The summed E-state index contributed by atoms with van der Waals surface area (Å²) in [5, 5.41) is 5.62. The van der Waals surface area contributed by atoms with E-state index in [-0.39, 0.29) is 29.8 Å². The third-order valence-electron chi connectivity index (χ3n) is 4.32. The minimum absolute atomic E-state index is 0.110. The van der Waals surface area contributed by atoms with Crippen LogP contribution in [-0.2, 0) is 9.59 Å². The maximum atomic E-state index is 12.7. The lowest BCUT2D eigenvalue weighted by Crippen LogP contribution is -2.54. The standard InChI is InChI=1S/C15H25N3O3/c1-10-7-5-6-8-15(10)12(20)18(13(21)17-15)9-11(19)16-14(2,3)4/h10H,5-9H2,1-4H3,(H,16,19)(H,17,21). The Balaban J connectivity index is 2.10. The minimum atomic E-state index is -0.794. The van der Waals surface area contributed by atoms with Crippen LogP contribution in [0, 0.1) is 5.92 Å². The molecule has 0 aromatic carbocycles. The number of amides is 4. The van der Waals surface area contributed by atoms with E-state index in [1.807, 2.05) is 27.7 Å². The first-order valence-corrected chi connectivity index (χ1v) is 7.61. The summed E-state index contributed by atoms with van der Waals surface area (Å²) in [5.41, 5.74) is -1.18. The fourth-order valence-electron chi connectivity index (χ4n) is 3.24. The summed E-state index contributed by atoms with van der Waals surface area (Å²) in [5.74, 6) is -0.450. The molecule has 1 saturated heterocycles. The van der Waals surface area contributed by atoms with Crippen LogP contribution in [0.15, 0.2) is 0 Å². The van der Waals surface area contributed by atoms with Crippen molar-refractivity contribution in [3.8, 4) is 0 Å². The molecule has 1 aliphatic heterocycles. The molecule has 1 spiro atoms. The molecule has 2 atom stereocenters. The molecular weight excluding hydrogens is 270 g/mol. The predicted octanol–water partition coefficient (Wildman–Crippen LogP) is 1.40. The molecule has 4 amide bonds. The number of carbonyl (C=O) groups is 3. The topological polar surface area (TPSA) is 78.5 Å². The Morgan fingerprint density at radius 2 is 2.05 bits per heavy atom. The predicted molar refractivity (Wildman–Crippen MR) is 78.5 cm³/mol. The van der Waals surface area contributed by atoms with Gasteiger partial charge in [0.05, 0.1) is 0 Å². The molecule has 1 aliphatic carbocycles. The van der Waals surface area contributed by atoms with E-state index in [1.165, 1.54) is 0 Å². The number of hydrogen-bond donors (Lipinski definition) is 2. The van der Waals surface area contributed by atoms with Crippen LogP contribution in [0.4, 0.5) is 4.79 Å². The second kappa shape index (κ2) is 5.31. The van der Waals surface area contributed by atoms with Crippen molar-refractivity contribution in [3.63, 3.8) is 0 Å². The Hall–Kier alpha value is -1.59. The van der Waals surface area contributed by atoms with Crippen LogP contribution in [0.1, 0.15) is 53.4 Å². The largest absolute Gasteiger partial charge is 0.350 e. The lowest BCUT2D eigenvalue weighted by molar-refractivity contribution is -0.137. The lowest BCUT2D eigenvalue weighted by atomic mass is 9.73. The minimum Gasteiger partial charge on any atom is -0.350 e. The molecule has 1 saturated carbocycles. The first-order chi connectivity index (χ1) is 9.66. The van der Waals surface area contributed by atoms with Gasteiger partial charge < -0.3 is 10.6 Å². The van der Waals surface area contributed by atoms with E-state index in [0.29, 0.717) is 6.42 Å². The van der Waals surface area contributed by atoms with Crippen molar-refractivity contribution in [2.24, 2.45) is 5.92 Å². The average Bonchev–Trinajstić information content (AvgIpc) is 2.56. The summed E-state index contributed by atoms with van der Waals surface area (Å²) < 4.78 is 0. The van der Waals surface area contributed by atoms with Crippen molar-refractivity contribution in [1.82, 2.24) is 15.5 Å². The van der Waals surface area contributed by atoms with Gasteiger partial charge in [0.15, 0.2) is 0 Å². The van der Waals surface area contributed by atoms with Gasteiger partial charge in [0.2, 0.25) is 5.91 Å². The van der Waals surface area contributed by atoms with Crippen molar-refractivity contribution >= 4 is 17.8 Å². The summed E-state index contributed by atoms with van der Waals surface area (Å²) in [6.45, 7) is 7.37. The van der Waals surface area contributed by atoms with Gasteiger partial charge in [-0.15, -0.1) is 0 Å². The van der Waals surface area contributed by atoms with Crippen LogP contribution in [0.5, 0.6) is 0 Å². The zero-order valence-corrected chi connectivity index (χ0v) is 13.3. The quantitative estimate of drug-likeness (QED) is 0.756. The zero-order chi connectivity index (χ0) is 15.8. The van der Waals surface area contributed by atoms with Crippen LogP contribution in [0.3, 0.4) is 0 Å². The Morgan fingerprint density at radius 1 is 1.38 bits per heavy atom. The van der Waals surface area contributed by atoms with Crippen molar-refractivity contribution in [1.29, 1.82) is 0 Å². The summed E-state index contributed by atoms with van der Waals surface area (Å²) in [7, 11) is 0. The van der Waals surface area contributed by atoms with Gasteiger partial charge in [0.1, 0.15) is 12.1 Å². The van der Waals surface area contributed by atoms with Gasteiger partial charge in [0.25, 0.3) is 5.91 Å². The third-order valence-corrected chi connectivity index (χ3v) is 4.32.